The third-order valence-corrected chi connectivity index (χ3v) is 2.02. The fourth-order valence-electron chi connectivity index (χ4n) is 1.34. The van der Waals surface area contributed by atoms with Gasteiger partial charge < -0.3 is 4.74 Å². The van der Waals surface area contributed by atoms with Crippen molar-refractivity contribution >= 4 is 0 Å². The van der Waals surface area contributed by atoms with Gasteiger partial charge in [0.2, 0.25) is 5.88 Å². The highest BCUT2D eigenvalue weighted by Crippen LogP contribution is 2.31. The van der Waals surface area contributed by atoms with Crippen molar-refractivity contribution in [1.82, 2.24) is 10.0 Å². The number of hydrogen-bond acceptors (Lipinski definition) is 2. The van der Waals surface area contributed by atoms with E-state index in [4.69, 9.17) is 4.74 Å². The molecule has 5 heteroatoms. The second kappa shape index (κ2) is 3.68. The number of nitrogens with zero attached hydrogens (tertiary/aromatic N) is 2. The summed E-state index contributed by atoms with van der Waals surface area (Å²) in [6, 6.07) is 8.55. The number of methoxy groups -OCH3 is 1. The molecule has 1 aromatic carbocycles. The van der Waals surface area contributed by atoms with E-state index in [1.165, 1.54) is 7.11 Å². The van der Waals surface area contributed by atoms with Crippen LogP contribution in [-0.2, 0) is 0 Å². The monoisotopic (exact) mass is 210 g/mol. The molecule has 2 aromatic rings. The summed E-state index contributed by atoms with van der Waals surface area (Å²) in [7, 11) is 1.31. The van der Waals surface area contributed by atoms with E-state index in [9.17, 15) is 8.87 Å². The quantitative estimate of drug-likeness (QED) is 0.761. The van der Waals surface area contributed by atoms with E-state index < -0.39 is 5.95 Å². The lowest BCUT2D eigenvalue weighted by Gasteiger charge is -1.99. The van der Waals surface area contributed by atoms with Gasteiger partial charge in [-0.15, -0.1) is 5.10 Å². The fourth-order valence-corrected chi connectivity index (χ4v) is 1.34. The predicted octanol–water partition coefficient (Wildman–Crippen LogP) is 2.43. The van der Waals surface area contributed by atoms with Crippen molar-refractivity contribution in [3.8, 4) is 17.0 Å². The van der Waals surface area contributed by atoms with Crippen molar-refractivity contribution < 1.29 is 13.6 Å². The number of ether oxygens (including phenoxy) is 1. The summed E-state index contributed by atoms with van der Waals surface area (Å²) in [4.78, 5) is -0.332. The Bertz CT molecular complexity index is 468. The number of benzene rings is 1. The molecule has 0 spiro atoms. The summed E-state index contributed by atoms with van der Waals surface area (Å²) in [6.07, 6.45) is 0. The van der Waals surface area contributed by atoms with Gasteiger partial charge in [-0.3, -0.25) is 0 Å². The summed E-state index contributed by atoms with van der Waals surface area (Å²) in [5.74, 6) is -1.13. The number of halogens is 2. The van der Waals surface area contributed by atoms with Gasteiger partial charge in [-0.1, -0.05) is 39.7 Å². The van der Waals surface area contributed by atoms with Gasteiger partial charge in [0.15, 0.2) is 0 Å². The molecule has 0 aliphatic carbocycles. The van der Waals surface area contributed by atoms with E-state index in [0.29, 0.717) is 5.56 Å². The largest absolute Gasteiger partial charge is 0.479 e. The Labute approximate surface area is 84.8 Å². The highest BCUT2D eigenvalue weighted by molar-refractivity contribution is 5.68. The van der Waals surface area contributed by atoms with Gasteiger partial charge in [0.25, 0.3) is 5.95 Å². The first kappa shape index (κ1) is 9.64. The second-order valence-electron chi connectivity index (χ2n) is 2.90. The molecular weight excluding hydrogens is 202 g/mol. The molecule has 0 amide bonds. The number of hydrogen-bond donors (Lipinski definition) is 0. The molecular formula is C10H8F2N2O. The lowest BCUT2D eigenvalue weighted by Crippen LogP contribution is -1.88. The van der Waals surface area contributed by atoms with Crippen molar-refractivity contribution in [3.63, 3.8) is 0 Å². The first-order valence-corrected chi connectivity index (χ1v) is 4.28. The molecule has 0 bridgehead atoms. The minimum absolute atomic E-state index is 0.0283. The van der Waals surface area contributed by atoms with E-state index in [0.717, 1.165) is 0 Å². The van der Waals surface area contributed by atoms with Crippen LogP contribution in [0.4, 0.5) is 8.87 Å². The molecule has 15 heavy (non-hydrogen) atoms. The van der Waals surface area contributed by atoms with E-state index in [1.807, 2.05) is 0 Å². The first-order chi connectivity index (χ1) is 7.24. The van der Waals surface area contributed by atoms with Crippen molar-refractivity contribution in [1.29, 1.82) is 0 Å². The lowest BCUT2D eigenvalue weighted by molar-refractivity contribution is 0.247. The van der Waals surface area contributed by atoms with Gasteiger partial charge in [-0.25, -0.2) is 0 Å². The zero-order valence-electron chi connectivity index (χ0n) is 7.95. The molecule has 0 aliphatic heterocycles. The van der Waals surface area contributed by atoms with Crippen LogP contribution in [0.2, 0.25) is 0 Å². The fraction of sp³-hybridized carbons (Fsp3) is 0.100. The summed E-state index contributed by atoms with van der Waals surface area (Å²) in [6.45, 7) is 0. The Balaban J connectivity index is 2.61. The van der Waals surface area contributed by atoms with Crippen molar-refractivity contribution in [2.45, 2.75) is 0 Å². The summed E-state index contributed by atoms with van der Waals surface area (Å²) in [5.41, 5.74) is 0.552. The van der Waals surface area contributed by atoms with Crippen molar-refractivity contribution in [2.24, 2.45) is 0 Å². The molecule has 0 radical (unpaired) electrons. The minimum atomic E-state index is -1.06. The van der Waals surface area contributed by atoms with Gasteiger partial charge in [-0.05, 0) is 5.56 Å². The highest BCUT2D eigenvalue weighted by Gasteiger charge is 2.20. The molecule has 0 unspecified atom stereocenters. The van der Waals surface area contributed by atoms with E-state index in [1.54, 1.807) is 30.3 Å². The Morgan fingerprint density at radius 3 is 2.53 bits per heavy atom. The van der Waals surface area contributed by atoms with E-state index in [-0.39, 0.29) is 16.3 Å². The number of rotatable bonds is 2. The molecule has 2 rings (SSSR count). The van der Waals surface area contributed by atoms with E-state index >= 15 is 0 Å². The van der Waals surface area contributed by atoms with Crippen LogP contribution in [0, 0.1) is 5.95 Å². The Kier molecular flexibility index (Phi) is 2.37. The highest BCUT2D eigenvalue weighted by atomic mass is 19.2. The van der Waals surface area contributed by atoms with Gasteiger partial charge in [0.05, 0.1) is 7.11 Å². The summed E-state index contributed by atoms with van der Waals surface area (Å²) in [5, 5.41) is 3.26. The van der Waals surface area contributed by atoms with Crippen LogP contribution >= 0.6 is 0 Å². The molecule has 0 atom stereocenters. The average molecular weight is 210 g/mol. The molecule has 0 saturated carbocycles. The zero-order chi connectivity index (χ0) is 10.8. The summed E-state index contributed by atoms with van der Waals surface area (Å²) >= 11 is 0. The molecule has 3 nitrogen and oxygen atoms in total. The van der Waals surface area contributed by atoms with Crippen LogP contribution in [0.5, 0.6) is 5.88 Å². The van der Waals surface area contributed by atoms with Crippen LogP contribution in [0.3, 0.4) is 0 Å². The van der Waals surface area contributed by atoms with Crippen LogP contribution < -0.4 is 4.74 Å². The normalized spacial score (nSPS) is 10.3. The van der Waals surface area contributed by atoms with Gasteiger partial charge in [0, 0.05) is 0 Å². The maximum atomic E-state index is 13.3. The maximum absolute atomic E-state index is 13.3. The predicted molar refractivity (Wildman–Crippen MR) is 50.7 cm³/mol. The van der Waals surface area contributed by atoms with Gasteiger partial charge in [-0.2, -0.15) is 4.39 Å². The van der Waals surface area contributed by atoms with Gasteiger partial charge in [0.1, 0.15) is 5.56 Å². The standard InChI is InChI=1S/C10H8F2N2O/c1-15-10-8(9(11)14(12)13-10)7-5-3-2-4-6-7/h2-6H,1H3. The molecule has 1 heterocycles. The van der Waals surface area contributed by atoms with Crippen LogP contribution in [0.1, 0.15) is 0 Å². The van der Waals surface area contributed by atoms with Crippen LogP contribution in [0.15, 0.2) is 30.3 Å². The molecule has 0 N–H and O–H groups in total. The second-order valence-corrected chi connectivity index (χ2v) is 2.90. The molecule has 0 fully saturated rings. The molecule has 0 saturated heterocycles. The lowest BCUT2D eigenvalue weighted by atomic mass is 10.1. The van der Waals surface area contributed by atoms with Crippen LogP contribution in [-0.4, -0.2) is 17.1 Å². The maximum Gasteiger partial charge on any atom is 0.256 e. The van der Waals surface area contributed by atoms with Crippen molar-refractivity contribution in [2.75, 3.05) is 7.11 Å². The summed E-state index contributed by atoms with van der Waals surface area (Å²) < 4.78 is 31.0. The smallest absolute Gasteiger partial charge is 0.256 e. The SMILES string of the molecule is COc1nn(F)c(F)c1-c1ccccc1. The molecule has 0 aliphatic rings. The van der Waals surface area contributed by atoms with Crippen LogP contribution in [0.25, 0.3) is 11.1 Å². The minimum Gasteiger partial charge on any atom is -0.479 e. The third kappa shape index (κ3) is 1.56. The molecule has 78 valence electrons. The first-order valence-electron chi connectivity index (χ1n) is 4.28. The Hall–Kier alpha value is -1.91. The number of aromatic nitrogens is 2. The molecule has 1 aromatic heterocycles. The topological polar surface area (TPSA) is 27.1 Å². The van der Waals surface area contributed by atoms with Crippen molar-refractivity contribution in [3.05, 3.63) is 36.3 Å². The Morgan fingerprint density at radius 2 is 1.93 bits per heavy atom. The average Bonchev–Trinajstić information content (AvgIpc) is 2.56. The van der Waals surface area contributed by atoms with Gasteiger partial charge >= 0.3 is 0 Å². The van der Waals surface area contributed by atoms with E-state index in [2.05, 4.69) is 5.10 Å². The Morgan fingerprint density at radius 1 is 1.27 bits per heavy atom. The zero-order valence-corrected chi connectivity index (χ0v) is 7.95. The third-order valence-electron chi connectivity index (χ3n) is 2.02.